The number of rotatable bonds is 3. The van der Waals surface area contributed by atoms with Gasteiger partial charge in [0.2, 0.25) is 0 Å². The second kappa shape index (κ2) is 5.20. The van der Waals surface area contributed by atoms with Gasteiger partial charge in [0.25, 0.3) is 0 Å². The molecule has 1 aliphatic heterocycles. The van der Waals surface area contributed by atoms with Crippen LogP contribution in [0, 0.1) is 6.92 Å². The Labute approximate surface area is 118 Å². The van der Waals surface area contributed by atoms with Crippen LogP contribution < -0.4 is 5.32 Å². The standard InChI is InChI=1S/C14H20N6/c1-10-7-13(9-19(10)3)15-12-5-4-6-14(8-12)20-11(2)16-17-18-20/h4-6,8,10,13,15H,7,9H2,1-3H3. The molecule has 0 bridgehead atoms. The molecule has 1 aromatic carbocycles. The van der Waals surface area contributed by atoms with Crippen LogP contribution in [0.5, 0.6) is 0 Å². The number of aryl methyl sites for hydroxylation is 1. The fraction of sp³-hybridized carbons (Fsp3) is 0.500. The summed E-state index contributed by atoms with van der Waals surface area (Å²) in [6.45, 7) is 5.24. The molecule has 1 saturated heterocycles. The first-order valence-corrected chi connectivity index (χ1v) is 6.95. The number of nitrogens with zero attached hydrogens (tertiary/aromatic N) is 5. The van der Waals surface area contributed by atoms with Gasteiger partial charge in [0.15, 0.2) is 5.82 Å². The summed E-state index contributed by atoms with van der Waals surface area (Å²) in [7, 11) is 2.17. The van der Waals surface area contributed by atoms with Crippen molar-refractivity contribution in [3.63, 3.8) is 0 Å². The maximum absolute atomic E-state index is 4.00. The monoisotopic (exact) mass is 272 g/mol. The van der Waals surface area contributed by atoms with E-state index in [0.29, 0.717) is 12.1 Å². The molecular formula is C14H20N6. The highest BCUT2D eigenvalue weighted by atomic mass is 15.5. The van der Waals surface area contributed by atoms with Crippen LogP contribution in [0.25, 0.3) is 5.69 Å². The van der Waals surface area contributed by atoms with E-state index in [2.05, 4.69) is 51.8 Å². The van der Waals surface area contributed by atoms with Crippen LogP contribution in [-0.2, 0) is 0 Å². The molecule has 0 amide bonds. The van der Waals surface area contributed by atoms with E-state index in [9.17, 15) is 0 Å². The van der Waals surface area contributed by atoms with E-state index in [-0.39, 0.29) is 0 Å². The van der Waals surface area contributed by atoms with Crippen LogP contribution in [0.3, 0.4) is 0 Å². The summed E-state index contributed by atoms with van der Waals surface area (Å²) in [5, 5.41) is 15.2. The minimum atomic E-state index is 0.500. The third-order valence-corrected chi connectivity index (χ3v) is 3.97. The molecule has 2 atom stereocenters. The molecule has 0 radical (unpaired) electrons. The first-order valence-electron chi connectivity index (χ1n) is 6.95. The maximum atomic E-state index is 4.00. The Morgan fingerprint density at radius 3 is 2.85 bits per heavy atom. The summed E-state index contributed by atoms with van der Waals surface area (Å²) in [5.74, 6) is 0.788. The van der Waals surface area contributed by atoms with Gasteiger partial charge in [-0.2, -0.15) is 4.68 Å². The van der Waals surface area contributed by atoms with E-state index in [0.717, 1.165) is 23.7 Å². The van der Waals surface area contributed by atoms with Crippen LogP contribution in [0.1, 0.15) is 19.2 Å². The van der Waals surface area contributed by atoms with Crippen LogP contribution in [0.4, 0.5) is 5.69 Å². The Balaban J connectivity index is 1.77. The first-order chi connectivity index (χ1) is 9.63. The second-order valence-electron chi connectivity index (χ2n) is 5.55. The topological polar surface area (TPSA) is 58.9 Å². The molecule has 2 aromatic rings. The quantitative estimate of drug-likeness (QED) is 0.917. The Kier molecular flexibility index (Phi) is 3.40. The van der Waals surface area contributed by atoms with Crippen molar-refractivity contribution >= 4 is 5.69 Å². The third-order valence-electron chi connectivity index (χ3n) is 3.97. The number of nitrogens with one attached hydrogen (secondary N) is 1. The SMILES string of the molecule is Cc1nnnn1-c1cccc(NC2CC(C)N(C)C2)c1. The number of likely N-dealkylation sites (N-methyl/N-ethyl adjacent to an activating group) is 1. The van der Waals surface area contributed by atoms with Crippen molar-refractivity contribution < 1.29 is 0 Å². The predicted molar refractivity (Wildman–Crippen MR) is 78.0 cm³/mol. The highest BCUT2D eigenvalue weighted by Crippen LogP contribution is 2.21. The average molecular weight is 272 g/mol. The van der Waals surface area contributed by atoms with Crippen molar-refractivity contribution in [3.8, 4) is 5.69 Å². The van der Waals surface area contributed by atoms with Gasteiger partial charge >= 0.3 is 0 Å². The largest absolute Gasteiger partial charge is 0.381 e. The van der Waals surface area contributed by atoms with Crippen molar-refractivity contribution in [2.45, 2.75) is 32.4 Å². The Morgan fingerprint density at radius 1 is 1.35 bits per heavy atom. The van der Waals surface area contributed by atoms with E-state index >= 15 is 0 Å². The predicted octanol–water partition coefficient (Wildman–Crippen LogP) is 1.48. The molecule has 0 saturated carbocycles. The third kappa shape index (κ3) is 2.51. The number of hydrogen-bond donors (Lipinski definition) is 1. The lowest BCUT2D eigenvalue weighted by Crippen LogP contribution is -2.24. The first kappa shape index (κ1) is 13.1. The van der Waals surface area contributed by atoms with Crippen molar-refractivity contribution in [2.75, 3.05) is 18.9 Å². The summed E-state index contributed by atoms with van der Waals surface area (Å²) >= 11 is 0. The molecule has 3 rings (SSSR count). The van der Waals surface area contributed by atoms with E-state index in [4.69, 9.17) is 0 Å². The molecule has 20 heavy (non-hydrogen) atoms. The van der Waals surface area contributed by atoms with Gasteiger partial charge in [-0.05, 0) is 55.9 Å². The molecule has 1 fully saturated rings. The lowest BCUT2D eigenvalue weighted by Gasteiger charge is -2.15. The number of benzene rings is 1. The zero-order valence-corrected chi connectivity index (χ0v) is 12.1. The Morgan fingerprint density at radius 2 is 2.20 bits per heavy atom. The average Bonchev–Trinajstić information content (AvgIpc) is 2.97. The molecule has 2 heterocycles. The molecule has 1 N–H and O–H groups in total. The van der Waals surface area contributed by atoms with Crippen molar-refractivity contribution in [3.05, 3.63) is 30.1 Å². The summed E-state index contributed by atoms with van der Waals surface area (Å²) in [4.78, 5) is 2.38. The molecule has 2 unspecified atom stereocenters. The van der Waals surface area contributed by atoms with E-state index in [1.165, 1.54) is 6.42 Å². The lowest BCUT2D eigenvalue weighted by atomic mass is 10.2. The summed E-state index contributed by atoms with van der Waals surface area (Å²) in [6.07, 6.45) is 1.17. The zero-order chi connectivity index (χ0) is 14.1. The maximum Gasteiger partial charge on any atom is 0.153 e. The van der Waals surface area contributed by atoms with Crippen molar-refractivity contribution in [1.29, 1.82) is 0 Å². The normalized spacial score (nSPS) is 23.1. The number of hydrogen-bond acceptors (Lipinski definition) is 5. The van der Waals surface area contributed by atoms with E-state index in [1.54, 1.807) is 4.68 Å². The minimum Gasteiger partial charge on any atom is -0.381 e. The molecule has 1 aromatic heterocycles. The van der Waals surface area contributed by atoms with E-state index < -0.39 is 0 Å². The molecule has 1 aliphatic rings. The zero-order valence-electron chi connectivity index (χ0n) is 12.1. The van der Waals surface area contributed by atoms with Gasteiger partial charge in [-0.25, -0.2) is 0 Å². The highest BCUT2D eigenvalue weighted by molar-refractivity contribution is 5.51. The van der Waals surface area contributed by atoms with Gasteiger partial charge < -0.3 is 10.2 Å². The summed E-state index contributed by atoms with van der Waals surface area (Å²) < 4.78 is 1.74. The van der Waals surface area contributed by atoms with Gasteiger partial charge in [0, 0.05) is 24.3 Å². The number of tetrazole rings is 1. The molecular weight excluding hydrogens is 252 g/mol. The molecule has 0 aliphatic carbocycles. The lowest BCUT2D eigenvalue weighted by molar-refractivity contribution is 0.330. The molecule has 6 heteroatoms. The number of aromatic nitrogens is 4. The van der Waals surface area contributed by atoms with Gasteiger partial charge in [-0.15, -0.1) is 5.10 Å². The van der Waals surface area contributed by atoms with Crippen LogP contribution in [-0.4, -0.2) is 50.8 Å². The molecule has 0 spiro atoms. The number of likely N-dealkylation sites (tertiary alicyclic amines) is 1. The smallest absolute Gasteiger partial charge is 0.153 e. The molecule has 6 nitrogen and oxygen atoms in total. The van der Waals surface area contributed by atoms with E-state index in [1.807, 2.05) is 19.1 Å². The van der Waals surface area contributed by atoms with Gasteiger partial charge in [-0.3, -0.25) is 0 Å². The fourth-order valence-corrected chi connectivity index (χ4v) is 2.73. The minimum absolute atomic E-state index is 0.500. The number of anilines is 1. The Bertz CT molecular complexity index is 583. The summed E-state index contributed by atoms with van der Waals surface area (Å²) in [6, 6.07) is 9.36. The Hall–Kier alpha value is -1.95. The van der Waals surface area contributed by atoms with Crippen molar-refractivity contribution in [1.82, 2.24) is 25.1 Å². The fourth-order valence-electron chi connectivity index (χ4n) is 2.73. The summed E-state index contributed by atoms with van der Waals surface area (Å²) in [5.41, 5.74) is 2.10. The van der Waals surface area contributed by atoms with Crippen LogP contribution in [0.2, 0.25) is 0 Å². The van der Waals surface area contributed by atoms with Gasteiger partial charge in [0.1, 0.15) is 0 Å². The van der Waals surface area contributed by atoms with Gasteiger partial charge in [-0.1, -0.05) is 6.07 Å². The van der Waals surface area contributed by atoms with Crippen LogP contribution >= 0.6 is 0 Å². The van der Waals surface area contributed by atoms with Crippen molar-refractivity contribution in [2.24, 2.45) is 0 Å². The van der Waals surface area contributed by atoms with Gasteiger partial charge in [0.05, 0.1) is 5.69 Å². The highest BCUT2D eigenvalue weighted by Gasteiger charge is 2.25. The molecule has 106 valence electrons. The second-order valence-corrected chi connectivity index (χ2v) is 5.55. The van der Waals surface area contributed by atoms with Crippen LogP contribution in [0.15, 0.2) is 24.3 Å².